The molecular weight excluding hydrogens is 220 g/mol. The zero-order valence-corrected chi connectivity index (χ0v) is 10.3. The Labute approximate surface area is 88.2 Å². The second-order valence-electron chi connectivity index (χ2n) is 4.17. The highest BCUT2D eigenvalue weighted by Crippen LogP contribution is 2.24. The predicted octanol–water partition coefficient (Wildman–Crippen LogP) is 1.37. The summed E-state index contributed by atoms with van der Waals surface area (Å²) in [5, 5.41) is 10.4. The van der Waals surface area contributed by atoms with Crippen LogP contribution in [0.1, 0.15) is 30.8 Å². The Bertz CT molecular complexity index is 428. The summed E-state index contributed by atoms with van der Waals surface area (Å²) in [6.45, 7) is 6.08. The molecule has 0 saturated carbocycles. The lowest BCUT2D eigenvalue weighted by Gasteiger charge is -2.12. The van der Waals surface area contributed by atoms with Gasteiger partial charge in [0.05, 0.1) is 15.2 Å². The molecule has 0 fully saturated rings. The largest absolute Gasteiger partial charge is 0.313 e. The molecule has 0 aliphatic rings. The van der Waals surface area contributed by atoms with Crippen molar-refractivity contribution in [2.24, 2.45) is 0 Å². The van der Waals surface area contributed by atoms with Crippen LogP contribution in [0.15, 0.2) is 0 Å². The fourth-order valence-corrected chi connectivity index (χ4v) is 2.59. The molecule has 1 rings (SSSR count). The summed E-state index contributed by atoms with van der Waals surface area (Å²) in [7, 11) is -2.88. The first-order chi connectivity index (χ1) is 6.18. The first-order valence-corrected chi connectivity index (χ1v) is 6.89. The predicted molar refractivity (Wildman–Crippen MR) is 60.5 cm³/mol. The van der Waals surface area contributed by atoms with Gasteiger partial charge in [-0.25, -0.2) is 4.21 Å². The second kappa shape index (κ2) is 3.60. The van der Waals surface area contributed by atoms with E-state index in [4.69, 9.17) is 4.55 Å². The van der Waals surface area contributed by atoms with E-state index < -0.39 is 9.80 Å². The topological polar surface area (TPSA) is 63.1 Å². The van der Waals surface area contributed by atoms with Crippen LogP contribution < -0.4 is 0 Å². The molecule has 1 heterocycles. The van der Waals surface area contributed by atoms with Crippen LogP contribution in [-0.2, 0) is 15.2 Å². The van der Waals surface area contributed by atoms with Gasteiger partial charge in [-0.05, 0) is 0 Å². The summed E-state index contributed by atoms with van der Waals surface area (Å²) in [6, 6.07) is 0. The van der Waals surface area contributed by atoms with Gasteiger partial charge < -0.3 is 4.55 Å². The monoisotopic (exact) mass is 234 g/mol. The Morgan fingerprint density at radius 2 is 2.00 bits per heavy atom. The standard InChI is InChI=1S/C8H14N2O2S2/c1-8(2,3)7-10-9-6(13-7)5-14(4,11)12/h5H,1-4H3,(H,11,12). The summed E-state index contributed by atoms with van der Waals surface area (Å²) in [4.78, 5) is 0. The Morgan fingerprint density at radius 1 is 1.43 bits per heavy atom. The van der Waals surface area contributed by atoms with Gasteiger partial charge in [-0.3, -0.25) is 0 Å². The third-order valence-corrected chi connectivity index (χ3v) is 3.51. The summed E-state index contributed by atoms with van der Waals surface area (Å²) >= 11 is 1.35. The van der Waals surface area contributed by atoms with Gasteiger partial charge in [-0.1, -0.05) is 32.1 Å². The maximum atomic E-state index is 11.1. The van der Waals surface area contributed by atoms with E-state index in [1.807, 2.05) is 20.8 Å². The van der Waals surface area contributed by atoms with Crippen LogP contribution in [-0.4, -0.2) is 30.6 Å². The zero-order chi connectivity index (χ0) is 11.0. The molecule has 80 valence electrons. The molecule has 0 aliphatic heterocycles. The molecule has 0 radical (unpaired) electrons. The molecule has 6 heteroatoms. The lowest BCUT2D eigenvalue weighted by atomic mass is 9.98. The molecule has 1 N–H and O–H groups in total. The minimum Gasteiger partial charge on any atom is -0.313 e. The van der Waals surface area contributed by atoms with Gasteiger partial charge in [0.25, 0.3) is 0 Å². The lowest BCUT2D eigenvalue weighted by molar-refractivity contribution is 0.566. The minimum atomic E-state index is -2.88. The molecule has 1 unspecified atom stereocenters. The normalized spacial score (nSPS) is 16.4. The van der Waals surface area contributed by atoms with E-state index >= 15 is 0 Å². The molecule has 14 heavy (non-hydrogen) atoms. The molecule has 1 atom stereocenters. The van der Waals surface area contributed by atoms with Crippen molar-refractivity contribution in [1.29, 1.82) is 0 Å². The Morgan fingerprint density at radius 3 is 2.36 bits per heavy atom. The zero-order valence-electron chi connectivity index (χ0n) is 8.64. The van der Waals surface area contributed by atoms with Crippen LogP contribution in [0.2, 0.25) is 0 Å². The van der Waals surface area contributed by atoms with Gasteiger partial charge in [0, 0.05) is 11.7 Å². The fraction of sp³-hybridized carbons (Fsp3) is 0.625. The molecule has 0 bridgehead atoms. The van der Waals surface area contributed by atoms with E-state index in [0.29, 0.717) is 5.01 Å². The first-order valence-electron chi connectivity index (χ1n) is 4.09. The lowest BCUT2D eigenvalue weighted by Crippen LogP contribution is -2.10. The number of nitrogens with zero attached hydrogens (tertiary/aromatic N) is 2. The van der Waals surface area contributed by atoms with E-state index in [1.54, 1.807) is 0 Å². The molecule has 0 aliphatic carbocycles. The molecule has 1 aromatic rings. The van der Waals surface area contributed by atoms with Crippen molar-refractivity contribution in [3.05, 3.63) is 10.0 Å². The van der Waals surface area contributed by atoms with Crippen molar-refractivity contribution < 1.29 is 8.76 Å². The summed E-state index contributed by atoms with van der Waals surface area (Å²) < 4.78 is 20.1. The number of aromatic nitrogens is 2. The van der Waals surface area contributed by atoms with Crippen LogP contribution in [0, 0.1) is 0 Å². The number of hydrogen-bond acceptors (Lipinski definition) is 4. The number of rotatable bonds is 1. The van der Waals surface area contributed by atoms with Gasteiger partial charge >= 0.3 is 0 Å². The van der Waals surface area contributed by atoms with Gasteiger partial charge in [0.2, 0.25) is 0 Å². The van der Waals surface area contributed by atoms with E-state index in [0.717, 1.165) is 5.01 Å². The minimum absolute atomic E-state index is 0.0617. The third kappa shape index (κ3) is 3.36. The Hall–Kier alpha value is -0.460. The van der Waals surface area contributed by atoms with E-state index in [-0.39, 0.29) is 5.41 Å². The second-order valence-corrected chi connectivity index (χ2v) is 7.14. The van der Waals surface area contributed by atoms with E-state index in [2.05, 4.69) is 10.2 Å². The van der Waals surface area contributed by atoms with E-state index in [1.165, 1.54) is 23.0 Å². The maximum absolute atomic E-state index is 11.1. The smallest absolute Gasteiger partial charge is 0.150 e. The van der Waals surface area contributed by atoms with Crippen molar-refractivity contribution in [3.63, 3.8) is 0 Å². The van der Waals surface area contributed by atoms with Crippen molar-refractivity contribution in [2.45, 2.75) is 26.2 Å². The average molecular weight is 234 g/mol. The molecule has 0 aromatic carbocycles. The molecule has 0 saturated heterocycles. The van der Waals surface area contributed by atoms with Crippen molar-refractivity contribution >= 4 is 26.5 Å². The van der Waals surface area contributed by atoms with Crippen LogP contribution in [0.4, 0.5) is 0 Å². The van der Waals surface area contributed by atoms with E-state index in [9.17, 15) is 4.21 Å². The first kappa shape index (κ1) is 11.6. The SMILES string of the molecule is CC(C)(C)c1nnc(C=S(C)(=O)O)s1. The molecule has 0 amide bonds. The van der Waals surface area contributed by atoms with Crippen molar-refractivity contribution in [2.75, 3.05) is 6.26 Å². The van der Waals surface area contributed by atoms with Crippen LogP contribution in [0.3, 0.4) is 0 Å². The highest BCUT2D eigenvalue weighted by atomic mass is 32.2. The molecule has 0 spiro atoms. The Kier molecular flexibility index (Phi) is 2.99. The maximum Gasteiger partial charge on any atom is 0.150 e. The van der Waals surface area contributed by atoms with Gasteiger partial charge in [-0.15, -0.1) is 10.2 Å². The molecular formula is C8H14N2O2S2. The van der Waals surface area contributed by atoms with Crippen molar-refractivity contribution in [3.8, 4) is 0 Å². The van der Waals surface area contributed by atoms with Gasteiger partial charge in [0.1, 0.15) is 5.01 Å². The third-order valence-electron chi connectivity index (χ3n) is 1.40. The summed E-state index contributed by atoms with van der Waals surface area (Å²) in [6.07, 6.45) is 1.26. The summed E-state index contributed by atoms with van der Waals surface area (Å²) in [5.74, 6) is 0. The highest BCUT2D eigenvalue weighted by molar-refractivity contribution is 7.95. The molecule has 1 aromatic heterocycles. The van der Waals surface area contributed by atoms with Gasteiger partial charge in [-0.2, -0.15) is 0 Å². The van der Waals surface area contributed by atoms with Gasteiger partial charge in [0.15, 0.2) is 5.01 Å². The van der Waals surface area contributed by atoms with Crippen LogP contribution in [0.5, 0.6) is 0 Å². The number of hydrogen-bond donors (Lipinski definition) is 1. The fourth-order valence-electron chi connectivity index (χ4n) is 0.772. The highest BCUT2D eigenvalue weighted by Gasteiger charge is 2.18. The van der Waals surface area contributed by atoms with Crippen LogP contribution >= 0.6 is 11.3 Å². The quantitative estimate of drug-likeness (QED) is 0.745. The average Bonchev–Trinajstić information content (AvgIpc) is 2.29. The molecule has 4 nitrogen and oxygen atoms in total. The Balaban J connectivity index is 3.08. The van der Waals surface area contributed by atoms with Crippen molar-refractivity contribution in [1.82, 2.24) is 10.2 Å². The van der Waals surface area contributed by atoms with Crippen LogP contribution in [0.25, 0.3) is 0 Å². The summed E-state index contributed by atoms with van der Waals surface area (Å²) in [5.41, 5.74) is -0.0617.